The standard InChI is InChI=1S/C6H12N2O2.3C6H6.2C3H8N2O.4C2H6/c1-3-6(10)8-4-7-5(2)9;3*1-2-4-6-5-3-1;2*1-3(6)5-2-4;4*1-2/h3-4H2,1-2H3,(H,7,9)(H,8,10);3*1-6H;2*2,4H2,1H3,(H,5,6);4*1-2H3. The number of carbonyl (C=O) groups excluding carboxylic acids is 4. The summed E-state index contributed by atoms with van der Waals surface area (Å²) in [4.78, 5) is 40.5. The number of rotatable bonds is 5. The first-order chi connectivity index (χ1) is 23.2. The molecule has 4 amide bonds. The van der Waals surface area contributed by atoms with Crippen LogP contribution in [0.4, 0.5) is 0 Å². The Morgan fingerprint density at radius 2 is 0.583 bits per heavy atom. The first kappa shape index (κ1) is 58.9. The number of hydrogen-bond donors (Lipinski definition) is 6. The molecule has 0 aliphatic heterocycles. The summed E-state index contributed by atoms with van der Waals surface area (Å²) in [5.74, 6) is -0.375. The molecule has 0 unspecified atom stereocenters. The third-order valence-electron chi connectivity index (χ3n) is 3.65. The van der Waals surface area contributed by atoms with E-state index in [-0.39, 0.29) is 43.6 Å². The molecule has 0 radical (unpaired) electrons. The van der Waals surface area contributed by atoms with Gasteiger partial charge < -0.3 is 32.7 Å². The molecular weight excluding hydrogens is 604 g/mol. The van der Waals surface area contributed by atoms with Crippen LogP contribution in [0.2, 0.25) is 0 Å². The second kappa shape index (κ2) is 65.2. The van der Waals surface area contributed by atoms with Gasteiger partial charge in [0.2, 0.25) is 23.6 Å². The Hall–Kier alpha value is -4.54. The molecule has 48 heavy (non-hydrogen) atoms. The molecule has 0 aliphatic rings. The van der Waals surface area contributed by atoms with Crippen molar-refractivity contribution >= 4 is 23.6 Å². The highest BCUT2D eigenvalue weighted by Crippen LogP contribution is 1.81. The fourth-order valence-electron chi connectivity index (χ4n) is 1.83. The average molecular weight is 675 g/mol. The number of hydrogen-bond acceptors (Lipinski definition) is 6. The van der Waals surface area contributed by atoms with Crippen LogP contribution in [0.15, 0.2) is 109 Å². The van der Waals surface area contributed by atoms with Gasteiger partial charge in [0, 0.05) is 27.2 Å². The van der Waals surface area contributed by atoms with Crippen molar-refractivity contribution in [3.05, 3.63) is 109 Å². The van der Waals surface area contributed by atoms with Crippen molar-refractivity contribution in [3.8, 4) is 0 Å². The van der Waals surface area contributed by atoms with E-state index in [2.05, 4.69) is 21.3 Å². The van der Waals surface area contributed by atoms with Crippen molar-refractivity contribution in [2.75, 3.05) is 20.0 Å². The molecule has 0 fully saturated rings. The third kappa shape index (κ3) is 90.0. The van der Waals surface area contributed by atoms with Crippen LogP contribution in [-0.2, 0) is 19.2 Å². The van der Waals surface area contributed by atoms with Gasteiger partial charge in [0.1, 0.15) is 0 Å². The second-order valence-electron chi connectivity index (χ2n) is 7.20. The normalized spacial score (nSPS) is 7.21. The SMILES string of the molecule is CC.CC.CC.CC.CC(=O)NCN.CC(=O)NCN.CCC(=O)NCNC(C)=O.c1ccccc1.c1ccccc1.c1ccccc1. The summed E-state index contributed by atoms with van der Waals surface area (Å²) in [5.41, 5.74) is 9.80. The predicted molar refractivity (Wildman–Crippen MR) is 208 cm³/mol. The van der Waals surface area contributed by atoms with Gasteiger partial charge in [-0.25, -0.2) is 0 Å². The van der Waals surface area contributed by atoms with Gasteiger partial charge in [-0.15, -0.1) is 0 Å². The number of carbonyl (C=O) groups is 4. The average Bonchev–Trinajstić information content (AvgIpc) is 3.15. The highest BCUT2D eigenvalue weighted by molar-refractivity contribution is 5.77. The quantitative estimate of drug-likeness (QED) is 0.162. The topological polar surface area (TPSA) is 168 Å². The zero-order chi connectivity index (χ0) is 38.7. The zero-order valence-electron chi connectivity index (χ0n) is 32.0. The lowest BCUT2D eigenvalue weighted by atomic mass is 10.4. The van der Waals surface area contributed by atoms with Gasteiger partial charge in [0.25, 0.3) is 0 Å². The van der Waals surface area contributed by atoms with E-state index in [4.69, 9.17) is 11.5 Å². The van der Waals surface area contributed by atoms with E-state index >= 15 is 0 Å². The molecule has 3 aromatic carbocycles. The number of amides is 4. The Balaban J connectivity index is -0.0000000812. The molecule has 0 spiro atoms. The molecule has 0 bridgehead atoms. The number of nitrogens with one attached hydrogen (secondary N) is 4. The molecule has 10 heteroatoms. The van der Waals surface area contributed by atoms with Gasteiger partial charge in [-0.1, -0.05) is 172 Å². The van der Waals surface area contributed by atoms with Gasteiger partial charge in [-0.05, 0) is 0 Å². The van der Waals surface area contributed by atoms with Crippen molar-refractivity contribution in [2.24, 2.45) is 11.5 Å². The van der Waals surface area contributed by atoms with E-state index in [9.17, 15) is 19.2 Å². The molecule has 3 aromatic rings. The van der Waals surface area contributed by atoms with Gasteiger partial charge in [-0.2, -0.15) is 0 Å². The Bertz CT molecular complexity index is 778. The van der Waals surface area contributed by atoms with E-state index in [1.165, 1.54) is 20.8 Å². The van der Waals surface area contributed by atoms with E-state index < -0.39 is 0 Å². The maximum absolute atomic E-state index is 10.5. The number of nitrogens with two attached hydrogens (primary N) is 2. The van der Waals surface area contributed by atoms with E-state index in [0.29, 0.717) is 6.42 Å². The zero-order valence-corrected chi connectivity index (χ0v) is 32.0. The van der Waals surface area contributed by atoms with Crippen LogP contribution >= 0.6 is 0 Å². The lowest BCUT2D eigenvalue weighted by Crippen LogP contribution is -2.35. The second-order valence-corrected chi connectivity index (χ2v) is 7.20. The van der Waals surface area contributed by atoms with Crippen molar-refractivity contribution in [2.45, 2.75) is 89.5 Å². The Kier molecular flexibility index (Phi) is 80.1. The summed E-state index contributed by atoms with van der Waals surface area (Å²) in [7, 11) is 0. The van der Waals surface area contributed by atoms with Crippen molar-refractivity contribution in [1.29, 1.82) is 0 Å². The largest absolute Gasteiger partial charge is 0.344 e. The molecule has 276 valence electrons. The Labute approximate surface area is 293 Å². The summed E-state index contributed by atoms with van der Waals surface area (Å²) < 4.78 is 0. The molecule has 0 aliphatic carbocycles. The molecule has 0 heterocycles. The molecule has 8 N–H and O–H groups in total. The van der Waals surface area contributed by atoms with Crippen molar-refractivity contribution < 1.29 is 19.2 Å². The van der Waals surface area contributed by atoms with Gasteiger partial charge >= 0.3 is 0 Å². The fourth-order valence-corrected chi connectivity index (χ4v) is 1.83. The van der Waals surface area contributed by atoms with Gasteiger partial charge in [0.15, 0.2) is 0 Å². The van der Waals surface area contributed by atoms with Crippen LogP contribution in [0.25, 0.3) is 0 Å². The lowest BCUT2D eigenvalue weighted by molar-refractivity contribution is -0.122. The molecule has 10 nitrogen and oxygen atoms in total. The fraction of sp³-hybridized carbons (Fsp3) is 0.421. The van der Waals surface area contributed by atoms with E-state index in [1.54, 1.807) is 6.92 Å². The van der Waals surface area contributed by atoms with Crippen LogP contribution in [0, 0.1) is 0 Å². The van der Waals surface area contributed by atoms with Crippen LogP contribution in [-0.4, -0.2) is 43.6 Å². The summed E-state index contributed by atoms with van der Waals surface area (Å²) in [6.07, 6.45) is 0.444. The highest BCUT2D eigenvalue weighted by Gasteiger charge is 1.94. The maximum Gasteiger partial charge on any atom is 0.221 e. The predicted octanol–water partition coefficient (Wildman–Crippen LogP) is 6.85. The first-order valence-electron chi connectivity index (χ1n) is 16.6. The maximum atomic E-state index is 10.5. The van der Waals surface area contributed by atoms with Crippen molar-refractivity contribution in [1.82, 2.24) is 21.3 Å². The molecule has 0 saturated heterocycles. The lowest BCUT2D eigenvalue weighted by Gasteiger charge is -2.02. The molecule has 0 atom stereocenters. The minimum absolute atomic E-state index is 0.0613. The monoisotopic (exact) mass is 675 g/mol. The summed E-state index contributed by atoms with van der Waals surface area (Å²) in [6.45, 7) is 22.7. The molecule has 0 saturated carbocycles. The van der Waals surface area contributed by atoms with E-state index in [0.717, 1.165) is 0 Å². The van der Waals surface area contributed by atoms with Gasteiger partial charge in [0.05, 0.1) is 20.0 Å². The number of benzene rings is 3. The van der Waals surface area contributed by atoms with Crippen LogP contribution in [0.5, 0.6) is 0 Å². The smallest absolute Gasteiger partial charge is 0.221 e. The molecule has 0 aromatic heterocycles. The first-order valence-corrected chi connectivity index (χ1v) is 16.6. The molecular formula is C38H70N6O4. The summed E-state index contributed by atoms with van der Waals surface area (Å²) in [5, 5.41) is 9.63. The summed E-state index contributed by atoms with van der Waals surface area (Å²) >= 11 is 0. The van der Waals surface area contributed by atoms with Gasteiger partial charge in [-0.3, -0.25) is 19.2 Å². The van der Waals surface area contributed by atoms with Crippen LogP contribution in [0.3, 0.4) is 0 Å². The third-order valence-corrected chi connectivity index (χ3v) is 3.65. The Morgan fingerprint density at radius 3 is 0.688 bits per heavy atom. The van der Waals surface area contributed by atoms with Crippen LogP contribution in [0.1, 0.15) is 89.5 Å². The molecule has 3 rings (SSSR count). The van der Waals surface area contributed by atoms with E-state index in [1.807, 2.05) is 165 Å². The van der Waals surface area contributed by atoms with Crippen molar-refractivity contribution in [3.63, 3.8) is 0 Å². The van der Waals surface area contributed by atoms with Crippen LogP contribution < -0.4 is 32.7 Å². The Morgan fingerprint density at radius 1 is 0.396 bits per heavy atom. The minimum Gasteiger partial charge on any atom is -0.344 e. The summed E-state index contributed by atoms with van der Waals surface area (Å²) in [6, 6.07) is 36.0. The minimum atomic E-state index is -0.142. The highest BCUT2D eigenvalue weighted by atomic mass is 16.2.